The van der Waals surface area contributed by atoms with Crippen molar-refractivity contribution in [3.8, 4) is 0 Å². The van der Waals surface area contributed by atoms with Crippen molar-refractivity contribution >= 4 is 46.5 Å². The van der Waals surface area contributed by atoms with Gasteiger partial charge in [-0.3, -0.25) is 4.79 Å². The molecule has 1 amide bonds. The highest BCUT2D eigenvalue weighted by molar-refractivity contribution is 7.97. The molecule has 1 aliphatic rings. The van der Waals surface area contributed by atoms with Crippen LogP contribution in [0.2, 0.25) is 0 Å². The molecule has 9 heteroatoms. The van der Waals surface area contributed by atoms with Crippen molar-refractivity contribution < 1.29 is 14.8 Å². The molecule has 0 saturated heterocycles. The summed E-state index contributed by atoms with van der Waals surface area (Å²) < 4.78 is 4.38. The smallest absolute Gasteiger partial charge is 0.426 e. The summed E-state index contributed by atoms with van der Waals surface area (Å²) in [5, 5.41) is 22.3. The van der Waals surface area contributed by atoms with Gasteiger partial charge in [0, 0.05) is 4.90 Å². The van der Waals surface area contributed by atoms with E-state index in [0.717, 1.165) is 33.5 Å². The minimum atomic E-state index is -1.56. The van der Waals surface area contributed by atoms with Crippen molar-refractivity contribution in [3.63, 3.8) is 0 Å². The predicted molar refractivity (Wildman–Crippen MR) is 122 cm³/mol. The Bertz CT molecular complexity index is 982. The van der Waals surface area contributed by atoms with Crippen LogP contribution < -0.4 is 10.0 Å². The fourth-order valence-corrected chi connectivity index (χ4v) is 4.90. The Labute approximate surface area is 184 Å². The standard InChI is InChI=1S/C21H24BN3O3S2/c26-21(24-20(22(27)28)11-15-6-7-15)18(10-14-4-2-1-3-5-14)25-30-16-8-9-17-19(12-16)29-13-23-17/h1-5,8-9,12-13,15,18,20,25,27-28H,6-7,10-11H2,(H,24,26)/t18-,20-/m0/s1. The third-order valence-electron chi connectivity index (χ3n) is 5.19. The van der Waals surface area contributed by atoms with Crippen molar-refractivity contribution in [1.82, 2.24) is 15.0 Å². The Hall–Kier alpha value is -1.91. The number of hydrogen-bond donors (Lipinski definition) is 4. The summed E-state index contributed by atoms with van der Waals surface area (Å²) in [5.41, 5.74) is 3.81. The van der Waals surface area contributed by atoms with E-state index in [1.165, 1.54) is 11.9 Å². The summed E-state index contributed by atoms with van der Waals surface area (Å²) in [6, 6.07) is 15.3. The van der Waals surface area contributed by atoms with Gasteiger partial charge in [0.05, 0.1) is 21.7 Å². The summed E-state index contributed by atoms with van der Waals surface area (Å²) >= 11 is 2.98. The van der Waals surface area contributed by atoms with E-state index in [0.29, 0.717) is 18.8 Å². The number of nitrogens with zero attached hydrogens (tertiary/aromatic N) is 1. The van der Waals surface area contributed by atoms with Crippen LogP contribution in [0.5, 0.6) is 0 Å². The summed E-state index contributed by atoms with van der Waals surface area (Å²) in [4.78, 5) is 18.3. The minimum absolute atomic E-state index is 0.232. The van der Waals surface area contributed by atoms with Crippen molar-refractivity contribution in [3.05, 3.63) is 59.6 Å². The number of amides is 1. The lowest BCUT2D eigenvalue weighted by molar-refractivity contribution is -0.123. The first kappa shape index (κ1) is 21.3. The number of nitrogens with one attached hydrogen (secondary N) is 2. The molecule has 1 heterocycles. The highest BCUT2D eigenvalue weighted by Gasteiger charge is 2.34. The number of benzene rings is 2. The van der Waals surface area contributed by atoms with Crippen LogP contribution in [0.15, 0.2) is 58.9 Å². The fraction of sp³-hybridized carbons (Fsp3) is 0.333. The molecular weight excluding hydrogens is 417 g/mol. The van der Waals surface area contributed by atoms with Gasteiger partial charge < -0.3 is 15.4 Å². The molecule has 1 aromatic heterocycles. The van der Waals surface area contributed by atoms with Gasteiger partial charge in [0.1, 0.15) is 6.04 Å². The average Bonchev–Trinajstić information content (AvgIpc) is 3.44. The zero-order valence-electron chi connectivity index (χ0n) is 16.4. The molecule has 6 nitrogen and oxygen atoms in total. The topological polar surface area (TPSA) is 94.5 Å². The van der Waals surface area contributed by atoms with E-state index in [2.05, 4.69) is 21.1 Å². The van der Waals surface area contributed by atoms with Gasteiger partial charge in [0.2, 0.25) is 5.91 Å². The van der Waals surface area contributed by atoms with Crippen LogP contribution in [-0.4, -0.2) is 40.0 Å². The molecule has 156 valence electrons. The van der Waals surface area contributed by atoms with Gasteiger partial charge in [-0.1, -0.05) is 43.2 Å². The van der Waals surface area contributed by atoms with Crippen molar-refractivity contribution in [2.75, 3.05) is 0 Å². The van der Waals surface area contributed by atoms with Gasteiger partial charge in [0.25, 0.3) is 0 Å². The highest BCUT2D eigenvalue weighted by Crippen LogP contribution is 2.33. The van der Waals surface area contributed by atoms with Crippen LogP contribution >= 0.6 is 23.3 Å². The van der Waals surface area contributed by atoms with Crippen molar-refractivity contribution in [2.45, 2.75) is 42.6 Å². The Morgan fingerprint density at radius 1 is 1.23 bits per heavy atom. The van der Waals surface area contributed by atoms with Crippen LogP contribution in [0.3, 0.4) is 0 Å². The maximum absolute atomic E-state index is 13.0. The number of fused-ring (bicyclic) bond motifs is 1. The van der Waals surface area contributed by atoms with Gasteiger partial charge in [-0.25, -0.2) is 9.71 Å². The molecule has 0 spiro atoms. The molecule has 0 bridgehead atoms. The van der Waals surface area contributed by atoms with E-state index >= 15 is 0 Å². The summed E-state index contributed by atoms with van der Waals surface area (Å²) in [6.07, 6.45) is 3.26. The SMILES string of the molecule is O=C(N[C@@H](CC1CC1)B(O)O)[C@H](Cc1ccccc1)NSc1ccc2ncsc2c1. The summed E-state index contributed by atoms with van der Waals surface area (Å²) in [6.45, 7) is 0. The second kappa shape index (κ2) is 9.93. The minimum Gasteiger partial charge on any atom is -0.426 e. The zero-order valence-corrected chi connectivity index (χ0v) is 18.0. The van der Waals surface area contributed by atoms with E-state index in [4.69, 9.17) is 0 Å². The molecule has 4 rings (SSSR count). The van der Waals surface area contributed by atoms with Crippen LogP contribution in [0.1, 0.15) is 24.8 Å². The van der Waals surface area contributed by atoms with Gasteiger partial charge in [-0.15, -0.1) is 11.3 Å². The first-order chi connectivity index (χ1) is 14.6. The summed E-state index contributed by atoms with van der Waals surface area (Å²) in [7, 11) is -1.56. The molecule has 1 saturated carbocycles. The molecule has 3 aromatic rings. The third-order valence-corrected chi connectivity index (χ3v) is 6.88. The third kappa shape index (κ3) is 5.83. The van der Waals surface area contributed by atoms with E-state index in [1.807, 2.05) is 48.0 Å². The lowest BCUT2D eigenvalue weighted by Gasteiger charge is -2.23. The number of aromatic nitrogens is 1. The predicted octanol–water partition coefficient (Wildman–Crippen LogP) is 2.80. The van der Waals surface area contributed by atoms with E-state index in [1.54, 1.807) is 11.3 Å². The average molecular weight is 441 g/mol. The lowest BCUT2D eigenvalue weighted by Crippen LogP contribution is -2.52. The van der Waals surface area contributed by atoms with E-state index in [-0.39, 0.29) is 5.91 Å². The molecule has 4 N–H and O–H groups in total. The fourth-order valence-electron chi connectivity index (χ4n) is 3.33. The molecule has 0 unspecified atom stereocenters. The largest absolute Gasteiger partial charge is 0.475 e. The van der Waals surface area contributed by atoms with Crippen molar-refractivity contribution in [2.24, 2.45) is 5.92 Å². The quantitative estimate of drug-likeness (QED) is 0.286. The molecule has 2 atom stereocenters. The molecular formula is C21H24BN3O3S2. The number of rotatable bonds is 10. The molecule has 0 aliphatic heterocycles. The van der Waals surface area contributed by atoms with Crippen molar-refractivity contribution in [1.29, 1.82) is 0 Å². The normalized spacial score (nSPS) is 15.7. The molecule has 2 aromatic carbocycles. The van der Waals surface area contributed by atoms with Crippen LogP contribution in [0, 0.1) is 5.92 Å². The maximum atomic E-state index is 13.0. The van der Waals surface area contributed by atoms with Gasteiger partial charge in [-0.2, -0.15) is 0 Å². The monoisotopic (exact) mass is 441 g/mol. The van der Waals surface area contributed by atoms with Crippen LogP contribution in [0.25, 0.3) is 10.2 Å². The lowest BCUT2D eigenvalue weighted by atomic mass is 9.76. The second-order valence-electron chi connectivity index (χ2n) is 7.65. The Balaban J connectivity index is 1.45. The molecule has 30 heavy (non-hydrogen) atoms. The Kier molecular flexibility index (Phi) is 7.06. The molecule has 1 fully saturated rings. The van der Waals surface area contributed by atoms with Gasteiger partial charge in [-0.05, 0) is 54.5 Å². The molecule has 0 radical (unpaired) electrons. The number of carbonyl (C=O) groups is 1. The first-order valence-electron chi connectivity index (χ1n) is 10.0. The summed E-state index contributed by atoms with van der Waals surface area (Å²) in [5.74, 6) is -0.411. The van der Waals surface area contributed by atoms with E-state index in [9.17, 15) is 14.8 Å². The number of thiazole rings is 1. The van der Waals surface area contributed by atoms with Gasteiger partial charge in [0.15, 0.2) is 0 Å². The van der Waals surface area contributed by atoms with E-state index < -0.39 is 19.1 Å². The molecule has 1 aliphatic carbocycles. The highest BCUT2D eigenvalue weighted by atomic mass is 32.2. The zero-order chi connectivity index (χ0) is 20.9. The Morgan fingerprint density at radius 3 is 2.77 bits per heavy atom. The van der Waals surface area contributed by atoms with Crippen LogP contribution in [-0.2, 0) is 11.2 Å². The van der Waals surface area contributed by atoms with Gasteiger partial charge >= 0.3 is 7.12 Å². The number of carbonyl (C=O) groups excluding carboxylic acids is 1. The van der Waals surface area contributed by atoms with Crippen LogP contribution in [0.4, 0.5) is 0 Å². The first-order valence-corrected chi connectivity index (χ1v) is 11.7. The Morgan fingerprint density at radius 2 is 2.03 bits per heavy atom. The second-order valence-corrected chi connectivity index (χ2v) is 9.45. The number of hydrogen-bond acceptors (Lipinski definition) is 7. The maximum Gasteiger partial charge on any atom is 0.475 e.